The minimum atomic E-state index is 0. The summed E-state index contributed by atoms with van der Waals surface area (Å²) in [5.41, 5.74) is 0. The van der Waals surface area contributed by atoms with Crippen molar-refractivity contribution in [3.05, 3.63) is 6.92 Å². The van der Waals surface area contributed by atoms with Crippen LogP contribution in [0.3, 0.4) is 0 Å². The van der Waals surface area contributed by atoms with Crippen LogP contribution in [-0.2, 0) is 0 Å². The van der Waals surface area contributed by atoms with Gasteiger partial charge in [-0.3, -0.25) is 0 Å². The van der Waals surface area contributed by atoms with Crippen LogP contribution in [0.1, 0.15) is 117 Å². The fraction of sp³-hybridized carbons (Fsp3) is 0.950. The van der Waals surface area contributed by atoms with Crippen LogP contribution in [0.2, 0.25) is 0 Å². The number of hydrogen-bond acceptors (Lipinski definition) is 0. The molecule has 0 spiro atoms. The van der Waals surface area contributed by atoms with Crippen molar-refractivity contribution in [1.82, 2.24) is 0 Å². The quantitative estimate of drug-likeness (QED) is 0.293. The summed E-state index contributed by atoms with van der Waals surface area (Å²) >= 11 is 0. The van der Waals surface area contributed by atoms with Crippen molar-refractivity contribution in [3.8, 4) is 0 Å². The van der Waals surface area contributed by atoms with Crippen molar-refractivity contribution >= 4 is 0 Å². The average Bonchev–Trinajstić information content (AvgIpc) is 2.98. The van der Waals surface area contributed by atoms with Gasteiger partial charge >= 0.3 is 51.4 Å². The first-order valence-electron chi connectivity index (χ1n) is 9.64. The van der Waals surface area contributed by atoms with E-state index in [0.29, 0.717) is 0 Å². The Bertz CT molecular complexity index is 155. The zero-order chi connectivity index (χ0) is 14.9. The van der Waals surface area contributed by atoms with Gasteiger partial charge in [0.2, 0.25) is 0 Å². The van der Waals surface area contributed by atoms with Crippen LogP contribution in [-0.4, -0.2) is 0 Å². The Balaban J connectivity index is 0. The standard InChI is InChI=1S/C11H22.C9H19.K/c1-2-3-4-5-8-11-9-6-7-10-11;1-3-5-7-9-8-6-4-2;/h11H,2-10H2,1H3;1,3-9H2,2H3;/q;-1;+1. The van der Waals surface area contributed by atoms with Crippen LogP contribution in [0.4, 0.5) is 0 Å². The van der Waals surface area contributed by atoms with E-state index < -0.39 is 0 Å². The number of unbranched alkanes of at least 4 members (excludes halogenated alkanes) is 9. The first-order valence-corrected chi connectivity index (χ1v) is 9.64. The molecule has 0 nitrogen and oxygen atoms in total. The predicted octanol–water partition coefficient (Wildman–Crippen LogP) is 4.72. The molecule has 0 aliphatic heterocycles. The molecule has 0 bridgehead atoms. The smallest absolute Gasteiger partial charge is 0.343 e. The molecule has 0 unspecified atom stereocenters. The molecule has 0 saturated heterocycles. The van der Waals surface area contributed by atoms with Gasteiger partial charge < -0.3 is 6.92 Å². The van der Waals surface area contributed by atoms with E-state index in [1.807, 2.05) is 0 Å². The van der Waals surface area contributed by atoms with Crippen LogP contribution in [0.5, 0.6) is 0 Å². The Labute approximate surface area is 179 Å². The predicted molar refractivity (Wildman–Crippen MR) is 94.1 cm³/mol. The van der Waals surface area contributed by atoms with E-state index in [2.05, 4.69) is 20.8 Å². The summed E-state index contributed by atoms with van der Waals surface area (Å²) in [6.07, 6.45) is 22.9. The third kappa shape index (κ3) is 19.6. The third-order valence-corrected chi connectivity index (χ3v) is 4.54. The zero-order valence-electron chi connectivity index (χ0n) is 15.6. The van der Waals surface area contributed by atoms with E-state index in [4.69, 9.17) is 0 Å². The van der Waals surface area contributed by atoms with Crippen molar-refractivity contribution < 1.29 is 51.4 Å². The first kappa shape index (κ1) is 24.9. The fourth-order valence-electron chi connectivity index (χ4n) is 3.12. The Morgan fingerprint density at radius 2 is 1.19 bits per heavy atom. The summed E-state index contributed by atoms with van der Waals surface area (Å²) in [6.45, 7) is 8.34. The Hall–Kier alpha value is 1.64. The topological polar surface area (TPSA) is 0 Å². The zero-order valence-corrected chi connectivity index (χ0v) is 18.7. The molecule has 1 fully saturated rings. The molecule has 0 aromatic carbocycles. The van der Waals surface area contributed by atoms with Crippen LogP contribution >= 0.6 is 0 Å². The molecule has 1 heteroatoms. The van der Waals surface area contributed by atoms with Gasteiger partial charge in [-0.05, 0) is 5.92 Å². The molecule has 0 aromatic heterocycles. The molecule has 0 N–H and O–H groups in total. The summed E-state index contributed by atoms with van der Waals surface area (Å²) in [5.74, 6) is 1.12. The molecule has 0 atom stereocenters. The van der Waals surface area contributed by atoms with E-state index in [0.717, 1.165) is 12.3 Å². The van der Waals surface area contributed by atoms with Gasteiger partial charge in [-0.15, -0.1) is 0 Å². The van der Waals surface area contributed by atoms with E-state index in [9.17, 15) is 0 Å². The second-order valence-corrected chi connectivity index (χ2v) is 6.62. The van der Waals surface area contributed by atoms with Crippen molar-refractivity contribution in [2.75, 3.05) is 0 Å². The molecule has 1 aliphatic carbocycles. The van der Waals surface area contributed by atoms with E-state index in [1.54, 1.807) is 0 Å². The third-order valence-electron chi connectivity index (χ3n) is 4.54. The normalized spacial score (nSPS) is 14.4. The summed E-state index contributed by atoms with van der Waals surface area (Å²) in [7, 11) is 0. The maximum Gasteiger partial charge on any atom is 1.00 e. The van der Waals surface area contributed by atoms with E-state index >= 15 is 0 Å². The maximum atomic E-state index is 3.80. The molecular formula is C20H41K. The monoisotopic (exact) mass is 320 g/mol. The number of rotatable bonds is 11. The summed E-state index contributed by atoms with van der Waals surface area (Å²) < 4.78 is 0. The fourth-order valence-corrected chi connectivity index (χ4v) is 3.12. The molecule has 0 amide bonds. The largest absolute Gasteiger partial charge is 1.00 e. The van der Waals surface area contributed by atoms with Gasteiger partial charge in [-0.2, -0.15) is 6.42 Å². The number of hydrogen-bond donors (Lipinski definition) is 0. The van der Waals surface area contributed by atoms with Crippen molar-refractivity contribution in [1.29, 1.82) is 0 Å². The molecule has 1 rings (SSSR count). The second-order valence-electron chi connectivity index (χ2n) is 6.62. The second kappa shape index (κ2) is 21.6. The summed E-state index contributed by atoms with van der Waals surface area (Å²) in [5, 5.41) is 0. The van der Waals surface area contributed by atoms with Crippen molar-refractivity contribution in [2.24, 2.45) is 5.92 Å². The molecule has 122 valence electrons. The Kier molecular flexibility index (Phi) is 25.6. The molecule has 0 radical (unpaired) electrons. The maximum absolute atomic E-state index is 3.80. The van der Waals surface area contributed by atoms with Gasteiger partial charge in [-0.25, -0.2) is 0 Å². The van der Waals surface area contributed by atoms with Crippen molar-refractivity contribution in [3.63, 3.8) is 0 Å². The van der Waals surface area contributed by atoms with Crippen LogP contribution in [0, 0.1) is 12.8 Å². The molecule has 21 heavy (non-hydrogen) atoms. The van der Waals surface area contributed by atoms with E-state index in [-0.39, 0.29) is 51.4 Å². The average molecular weight is 321 g/mol. The van der Waals surface area contributed by atoms with Crippen LogP contribution in [0.15, 0.2) is 0 Å². The molecule has 0 aromatic rings. The summed E-state index contributed by atoms with van der Waals surface area (Å²) in [6, 6.07) is 0. The molecule has 0 heterocycles. The minimum Gasteiger partial charge on any atom is -0.343 e. The van der Waals surface area contributed by atoms with Gasteiger partial charge in [0.05, 0.1) is 0 Å². The van der Waals surface area contributed by atoms with Gasteiger partial charge in [0, 0.05) is 0 Å². The molecule has 1 aliphatic rings. The van der Waals surface area contributed by atoms with E-state index in [1.165, 1.54) is 96.3 Å². The Morgan fingerprint density at radius 1 is 0.714 bits per heavy atom. The Morgan fingerprint density at radius 3 is 1.71 bits per heavy atom. The SMILES string of the molecule is CCCCCCC1CCCC1.[CH2-]CCCCCCCC.[K+]. The van der Waals surface area contributed by atoms with Gasteiger partial charge in [0.25, 0.3) is 0 Å². The van der Waals surface area contributed by atoms with Crippen LogP contribution in [0.25, 0.3) is 0 Å². The molecule has 1 saturated carbocycles. The van der Waals surface area contributed by atoms with Crippen molar-refractivity contribution in [2.45, 2.75) is 117 Å². The summed E-state index contributed by atoms with van der Waals surface area (Å²) in [4.78, 5) is 0. The van der Waals surface area contributed by atoms with Gasteiger partial charge in [0.15, 0.2) is 0 Å². The molecular weight excluding hydrogens is 279 g/mol. The minimum absolute atomic E-state index is 0. The van der Waals surface area contributed by atoms with Crippen LogP contribution < -0.4 is 51.4 Å². The van der Waals surface area contributed by atoms with Gasteiger partial charge in [0.1, 0.15) is 0 Å². The first-order chi connectivity index (χ1) is 9.85. The van der Waals surface area contributed by atoms with Gasteiger partial charge in [-0.1, -0.05) is 110 Å².